The number of benzene rings is 1. The molecule has 0 aromatic heterocycles. The lowest BCUT2D eigenvalue weighted by atomic mass is 9.90. The van der Waals surface area contributed by atoms with E-state index in [4.69, 9.17) is 14.7 Å². The van der Waals surface area contributed by atoms with Crippen LogP contribution in [0.15, 0.2) is 18.2 Å². The molecule has 122 valence electrons. The Balaban J connectivity index is 2.00. The van der Waals surface area contributed by atoms with E-state index in [9.17, 15) is 4.79 Å². The number of nitrogens with zero attached hydrogens (tertiary/aromatic N) is 1. The number of amides is 1. The largest absolute Gasteiger partial charge is 0.493 e. The summed E-state index contributed by atoms with van der Waals surface area (Å²) >= 11 is 0. The molecule has 1 aliphatic carbocycles. The first-order valence-corrected chi connectivity index (χ1v) is 8.02. The molecule has 1 amide bonds. The van der Waals surface area contributed by atoms with Gasteiger partial charge < -0.3 is 14.7 Å². The van der Waals surface area contributed by atoms with E-state index >= 15 is 0 Å². The number of carbonyl (C=O) groups is 1. The third-order valence-electron chi connectivity index (χ3n) is 4.14. The van der Waals surface area contributed by atoms with Gasteiger partial charge in [-0.3, -0.25) is 0 Å². The Bertz CT molecular complexity index is 497. The summed E-state index contributed by atoms with van der Waals surface area (Å²) < 4.78 is 5.95. The molecule has 1 aromatic carbocycles. The molecule has 0 atom stereocenters. The van der Waals surface area contributed by atoms with Crippen molar-refractivity contribution < 1.29 is 19.5 Å². The molecular formula is C17H25NO4. The number of hydrogen-bond donors (Lipinski definition) is 1. The molecule has 0 spiro atoms. The molecule has 2 rings (SSSR count). The first-order valence-electron chi connectivity index (χ1n) is 8.02. The van der Waals surface area contributed by atoms with E-state index < -0.39 is 6.09 Å². The molecule has 5 heteroatoms. The SMILES string of the molecule is CCN(Oc1cccc(OCC2CCCCC2)c1C)C(=O)O. The molecule has 1 fully saturated rings. The molecule has 1 aromatic rings. The predicted molar refractivity (Wildman–Crippen MR) is 84.3 cm³/mol. The molecule has 0 radical (unpaired) electrons. The second-order valence-electron chi connectivity index (χ2n) is 5.76. The van der Waals surface area contributed by atoms with Crippen molar-refractivity contribution in [3.8, 4) is 11.5 Å². The van der Waals surface area contributed by atoms with Gasteiger partial charge in [-0.15, -0.1) is 5.06 Å². The molecule has 1 aliphatic rings. The van der Waals surface area contributed by atoms with Crippen molar-refractivity contribution in [1.82, 2.24) is 5.06 Å². The van der Waals surface area contributed by atoms with Crippen LogP contribution >= 0.6 is 0 Å². The van der Waals surface area contributed by atoms with Crippen molar-refractivity contribution in [3.63, 3.8) is 0 Å². The summed E-state index contributed by atoms with van der Waals surface area (Å²) in [6.45, 7) is 4.61. The second kappa shape index (κ2) is 7.92. The fourth-order valence-electron chi connectivity index (χ4n) is 2.77. The Kier molecular flexibility index (Phi) is 5.92. The van der Waals surface area contributed by atoms with Gasteiger partial charge in [-0.1, -0.05) is 25.3 Å². The van der Waals surface area contributed by atoms with Crippen molar-refractivity contribution in [2.75, 3.05) is 13.2 Å². The minimum Gasteiger partial charge on any atom is -0.493 e. The van der Waals surface area contributed by atoms with E-state index in [-0.39, 0.29) is 6.54 Å². The standard InChI is InChI=1S/C17H25NO4/c1-3-18(17(19)20)22-16-11-7-10-15(13(16)2)21-12-14-8-5-4-6-9-14/h7,10-11,14H,3-6,8-9,12H2,1-2H3,(H,19,20). The summed E-state index contributed by atoms with van der Waals surface area (Å²) in [6.07, 6.45) is 5.28. The number of ether oxygens (including phenoxy) is 1. The summed E-state index contributed by atoms with van der Waals surface area (Å²) in [5.41, 5.74) is 0.831. The zero-order valence-corrected chi connectivity index (χ0v) is 13.4. The van der Waals surface area contributed by atoms with Gasteiger partial charge in [0.25, 0.3) is 0 Å². The predicted octanol–water partition coefficient (Wildman–Crippen LogP) is 4.25. The molecule has 0 heterocycles. The highest BCUT2D eigenvalue weighted by Gasteiger charge is 2.17. The molecule has 1 saturated carbocycles. The lowest BCUT2D eigenvalue weighted by Crippen LogP contribution is -2.32. The fourth-order valence-corrected chi connectivity index (χ4v) is 2.77. The Hall–Kier alpha value is -1.91. The Morgan fingerprint density at radius 1 is 1.27 bits per heavy atom. The first-order chi connectivity index (χ1) is 10.6. The molecule has 5 nitrogen and oxygen atoms in total. The summed E-state index contributed by atoms with van der Waals surface area (Å²) in [5, 5.41) is 9.95. The van der Waals surface area contributed by atoms with Gasteiger partial charge in [-0.2, -0.15) is 0 Å². The van der Waals surface area contributed by atoms with E-state index in [2.05, 4.69) is 0 Å². The zero-order chi connectivity index (χ0) is 15.9. The fraction of sp³-hybridized carbons (Fsp3) is 0.588. The average Bonchev–Trinajstić information content (AvgIpc) is 2.53. The second-order valence-corrected chi connectivity index (χ2v) is 5.76. The van der Waals surface area contributed by atoms with Crippen molar-refractivity contribution in [3.05, 3.63) is 23.8 Å². The van der Waals surface area contributed by atoms with Crippen LogP contribution in [0.2, 0.25) is 0 Å². The van der Waals surface area contributed by atoms with Gasteiger partial charge in [0.1, 0.15) is 5.75 Å². The Morgan fingerprint density at radius 2 is 1.95 bits per heavy atom. The van der Waals surface area contributed by atoms with Crippen molar-refractivity contribution in [2.45, 2.75) is 46.0 Å². The topological polar surface area (TPSA) is 59.0 Å². The van der Waals surface area contributed by atoms with Gasteiger partial charge in [0.05, 0.1) is 13.2 Å². The maximum Gasteiger partial charge on any atom is 0.440 e. The van der Waals surface area contributed by atoms with Crippen LogP contribution in [-0.4, -0.2) is 29.4 Å². The maximum absolute atomic E-state index is 11.0. The molecule has 22 heavy (non-hydrogen) atoms. The molecule has 1 N–H and O–H groups in total. The average molecular weight is 307 g/mol. The van der Waals surface area contributed by atoms with Gasteiger partial charge >= 0.3 is 6.09 Å². The summed E-state index contributed by atoms with van der Waals surface area (Å²) in [4.78, 5) is 16.5. The highest BCUT2D eigenvalue weighted by atomic mass is 16.7. The normalized spacial score (nSPS) is 15.4. The molecular weight excluding hydrogens is 282 g/mol. The molecule has 0 bridgehead atoms. The Labute approximate surface area is 131 Å². The van der Waals surface area contributed by atoms with E-state index in [0.717, 1.165) is 23.0 Å². The van der Waals surface area contributed by atoms with Crippen molar-refractivity contribution in [1.29, 1.82) is 0 Å². The van der Waals surface area contributed by atoms with Crippen LogP contribution in [0.25, 0.3) is 0 Å². The number of hydroxylamine groups is 2. The van der Waals surface area contributed by atoms with Gasteiger partial charge in [-0.25, -0.2) is 4.79 Å². The van der Waals surface area contributed by atoms with Crippen molar-refractivity contribution >= 4 is 6.09 Å². The van der Waals surface area contributed by atoms with Crippen molar-refractivity contribution in [2.24, 2.45) is 5.92 Å². The lowest BCUT2D eigenvalue weighted by Gasteiger charge is -2.23. The smallest absolute Gasteiger partial charge is 0.440 e. The van der Waals surface area contributed by atoms with Crippen LogP contribution in [0.3, 0.4) is 0 Å². The first kappa shape index (κ1) is 16.5. The molecule has 0 saturated heterocycles. The highest BCUT2D eigenvalue weighted by Crippen LogP contribution is 2.30. The third-order valence-corrected chi connectivity index (χ3v) is 4.14. The minimum atomic E-state index is -1.10. The van der Waals surface area contributed by atoms with Gasteiger partial charge in [0.2, 0.25) is 0 Å². The quantitative estimate of drug-likeness (QED) is 0.798. The molecule has 0 unspecified atom stereocenters. The monoisotopic (exact) mass is 307 g/mol. The summed E-state index contributed by atoms with van der Waals surface area (Å²) in [5.74, 6) is 1.92. The van der Waals surface area contributed by atoms with Crippen LogP contribution in [0, 0.1) is 12.8 Å². The van der Waals surface area contributed by atoms with Gasteiger partial charge in [0.15, 0.2) is 5.75 Å². The highest BCUT2D eigenvalue weighted by molar-refractivity contribution is 5.64. The van der Waals surface area contributed by atoms with Crippen LogP contribution in [0.1, 0.15) is 44.6 Å². The third kappa shape index (κ3) is 4.29. The van der Waals surface area contributed by atoms with Crippen LogP contribution in [0.5, 0.6) is 11.5 Å². The van der Waals surface area contributed by atoms with Crippen LogP contribution < -0.4 is 9.57 Å². The minimum absolute atomic E-state index is 0.266. The maximum atomic E-state index is 11.0. The Morgan fingerprint density at radius 3 is 2.59 bits per heavy atom. The van der Waals surface area contributed by atoms with E-state index in [1.165, 1.54) is 32.1 Å². The zero-order valence-electron chi connectivity index (χ0n) is 13.4. The van der Waals surface area contributed by atoms with E-state index in [1.807, 2.05) is 19.1 Å². The lowest BCUT2D eigenvalue weighted by molar-refractivity contribution is -0.0322. The number of carboxylic acid groups (broad SMARTS) is 1. The number of hydrogen-bond acceptors (Lipinski definition) is 3. The van der Waals surface area contributed by atoms with E-state index in [0.29, 0.717) is 11.7 Å². The summed E-state index contributed by atoms with van der Waals surface area (Å²) in [6, 6.07) is 5.49. The number of rotatable bonds is 6. The van der Waals surface area contributed by atoms with Crippen LogP contribution in [-0.2, 0) is 0 Å². The molecule has 0 aliphatic heterocycles. The summed E-state index contributed by atoms with van der Waals surface area (Å²) in [7, 11) is 0. The van der Waals surface area contributed by atoms with Gasteiger partial charge in [-0.05, 0) is 44.7 Å². The van der Waals surface area contributed by atoms with Crippen LogP contribution in [0.4, 0.5) is 4.79 Å². The van der Waals surface area contributed by atoms with E-state index in [1.54, 1.807) is 13.0 Å². The van der Waals surface area contributed by atoms with Gasteiger partial charge in [0, 0.05) is 5.56 Å².